The average molecular weight is 410 g/mol. The van der Waals surface area contributed by atoms with Gasteiger partial charge in [-0.05, 0) is 42.3 Å². The number of carbonyl (C=O) groups is 1. The summed E-state index contributed by atoms with van der Waals surface area (Å²) >= 11 is 6.94. The largest absolute Gasteiger partial charge is 0.493 e. The molecule has 0 saturated heterocycles. The zero-order valence-corrected chi connectivity index (χ0v) is 14.8. The van der Waals surface area contributed by atoms with E-state index in [-0.39, 0.29) is 5.78 Å². The fourth-order valence-electron chi connectivity index (χ4n) is 2.64. The van der Waals surface area contributed by atoms with Crippen LogP contribution in [0.4, 0.5) is 0 Å². The van der Waals surface area contributed by atoms with E-state index in [0.29, 0.717) is 13.0 Å². The Morgan fingerprint density at radius 3 is 2.81 bits per heavy atom. The van der Waals surface area contributed by atoms with Crippen LogP contribution in [0, 0.1) is 6.92 Å². The Kier molecular flexibility index (Phi) is 4.18. The van der Waals surface area contributed by atoms with Gasteiger partial charge in [-0.25, -0.2) is 0 Å². The standard InChI is InChI=1S/C17H14Br2O2/c1-10-2-3-13(18)9-15(10)16(20)8-12-7-14(19)6-11-4-5-21-17(11)12/h2-3,6-7,9H,4-5,8H2,1H3. The van der Waals surface area contributed by atoms with Crippen LogP contribution in [0.1, 0.15) is 27.0 Å². The molecule has 2 aromatic carbocycles. The summed E-state index contributed by atoms with van der Waals surface area (Å²) in [5.74, 6) is 1.00. The average Bonchev–Trinajstić information content (AvgIpc) is 2.89. The van der Waals surface area contributed by atoms with Crippen molar-refractivity contribution in [3.63, 3.8) is 0 Å². The van der Waals surface area contributed by atoms with Gasteiger partial charge in [0.25, 0.3) is 0 Å². The Labute approximate surface area is 140 Å². The first-order valence-electron chi connectivity index (χ1n) is 6.78. The third-order valence-corrected chi connectivity index (χ3v) is 4.63. The van der Waals surface area contributed by atoms with Gasteiger partial charge in [0.2, 0.25) is 0 Å². The summed E-state index contributed by atoms with van der Waals surface area (Å²) in [4.78, 5) is 12.6. The third-order valence-electron chi connectivity index (χ3n) is 3.68. The smallest absolute Gasteiger partial charge is 0.167 e. The molecule has 0 bridgehead atoms. The molecule has 0 aliphatic carbocycles. The molecule has 0 amide bonds. The molecule has 3 rings (SSSR count). The highest BCUT2D eigenvalue weighted by Crippen LogP contribution is 2.34. The highest BCUT2D eigenvalue weighted by atomic mass is 79.9. The molecule has 0 saturated carbocycles. The molecular formula is C17H14Br2O2. The summed E-state index contributed by atoms with van der Waals surface area (Å²) in [6.07, 6.45) is 1.27. The van der Waals surface area contributed by atoms with Gasteiger partial charge in [-0.2, -0.15) is 0 Å². The summed E-state index contributed by atoms with van der Waals surface area (Å²) < 4.78 is 7.62. The first-order chi connectivity index (χ1) is 10.0. The van der Waals surface area contributed by atoms with E-state index in [0.717, 1.165) is 37.8 Å². The van der Waals surface area contributed by atoms with E-state index >= 15 is 0 Å². The van der Waals surface area contributed by atoms with Crippen LogP contribution in [0.3, 0.4) is 0 Å². The fourth-order valence-corrected chi connectivity index (χ4v) is 3.55. The number of hydrogen-bond donors (Lipinski definition) is 0. The van der Waals surface area contributed by atoms with Crippen molar-refractivity contribution in [2.24, 2.45) is 0 Å². The van der Waals surface area contributed by atoms with E-state index in [1.807, 2.05) is 31.2 Å². The molecule has 0 atom stereocenters. The van der Waals surface area contributed by atoms with Crippen LogP contribution in [0.2, 0.25) is 0 Å². The van der Waals surface area contributed by atoms with E-state index in [1.165, 1.54) is 5.56 Å². The number of aryl methyl sites for hydroxylation is 1. The van der Waals surface area contributed by atoms with Crippen LogP contribution in [0.25, 0.3) is 0 Å². The monoisotopic (exact) mass is 408 g/mol. The van der Waals surface area contributed by atoms with Gasteiger partial charge in [-0.3, -0.25) is 4.79 Å². The van der Waals surface area contributed by atoms with Crippen LogP contribution in [-0.4, -0.2) is 12.4 Å². The molecule has 2 nitrogen and oxygen atoms in total. The molecule has 1 aliphatic heterocycles. The van der Waals surface area contributed by atoms with Crippen molar-refractivity contribution < 1.29 is 9.53 Å². The van der Waals surface area contributed by atoms with Crippen molar-refractivity contribution in [1.82, 2.24) is 0 Å². The van der Waals surface area contributed by atoms with Gasteiger partial charge in [0.15, 0.2) is 5.78 Å². The minimum atomic E-state index is 0.115. The summed E-state index contributed by atoms with van der Waals surface area (Å²) in [6.45, 7) is 2.66. The van der Waals surface area contributed by atoms with E-state index in [2.05, 4.69) is 37.9 Å². The van der Waals surface area contributed by atoms with E-state index in [4.69, 9.17) is 4.74 Å². The number of benzene rings is 2. The van der Waals surface area contributed by atoms with Crippen LogP contribution in [-0.2, 0) is 12.8 Å². The second-order valence-electron chi connectivity index (χ2n) is 5.21. The number of fused-ring (bicyclic) bond motifs is 1. The maximum atomic E-state index is 12.6. The molecule has 0 aromatic heterocycles. The minimum Gasteiger partial charge on any atom is -0.493 e. The quantitative estimate of drug-likeness (QED) is 0.675. The second-order valence-corrected chi connectivity index (χ2v) is 7.04. The van der Waals surface area contributed by atoms with Crippen LogP contribution in [0.5, 0.6) is 5.75 Å². The van der Waals surface area contributed by atoms with Crippen LogP contribution < -0.4 is 4.74 Å². The minimum absolute atomic E-state index is 0.115. The molecule has 2 aromatic rings. The topological polar surface area (TPSA) is 26.3 Å². The molecule has 0 fully saturated rings. The van der Waals surface area contributed by atoms with Crippen molar-refractivity contribution in [3.05, 3.63) is 61.5 Å². The Morgan fingerprint density at radius 2 is 2.00 bits per heavy atom. The number of rotatable bonds is 3. The van der Waals surface area contributed by atoms with E-state index < -0.39 is 0 Å². The van der Waals surface area contributed by atoms with E-state index in [9.17, 15) is 4.79 Å². The Hall–Kier alpha value is -1.13. The van der Waals surface area contributed by atoms with Crippen molar-refractivity contribution in [2.75, 3.05) is 6.61 Å². The van der Waals surface area contributed by atoms with Gasteiger partial charge >= 0.3 is 0 Å². The second kappa shape index (κ2) is 5.93. The third kappa shape index (κ3) is 3.06. The van der Waals surface area contributed by atoms with Gasteiger partial charge in [0.05, 0.1) is 6.61 Å². The zero-order chi connectivity index (χ0) is 15.0. The molecule has 21 heavy (non-hydrogen) atoms. The molecule has 0 spiro atoms. The lowest BCUT2D eigenvalue weighted by Gasteiger charge is -2.10. The Morgan fingerprint density at radius 1 is 1.19 bits per heavy atom. The number of Topliss-reactive ketones (excluding diaryl/α,β-unsaturated/α-hetero) is 1. The molecule has 4 heteroatoms. The Balaban J connectivity index is 1.94. The van der Waals surface area contributed by atoms with Crippen LogP contribution in [0.15, 0.2) is 39.3 Å². The first kappa shape index (κ1) is 14.8. The van der Waals surface area contributed by atoms with Gasteiger partial charge in [0, 0.05) is 32.9 Å². The summed E-state index contributed by atoms with van der Waals surface area (Å²) in [5.41, 5.74) is 3.89. The molecule has 0 unspecified atom stereocenters. The first-order valence-corrected chi connectivity index (χ1v) is 8.36. The summed E-state index contributed by atoms with van der Waals surface area (Å²) in [5, 5.41) is 0. The number of carbonyl (C=O) groups excluding carboxylic acids is 1. The summed E-state index contributed by atoms with van der Waals surface area (Å²) in [6, 6.07) is 9.85. The highest BCUT2D eigenvalue weighted by molar-refractivity contribution is 9.10. The van der Waals surface area contributed by atoms with Crippen molar-refractivity contribution >= 4 is 37.6 Å². The number of ether oxygens (including phenoxy) is 1. The number of hydrogen-bond acceptors (Lipinski definition) is 2. The molecule has 1 heterocycles. The predicted molar refractivity (Wildman–Crippen MR) is 90.3 cm³/mol. The lowest BCUT2D eigenvalue weighted by Crippen LogP contribution is -2.07. The lowest BCUT2D eigenvalue weighted by molar-refractivity contribution is 0.0991. The zero-order valence-electron chi connectivity index (χ0n) is 11.6. The number of ketones is 1. The lowest BCUT2D eigenvalue weighted by atomic mass is 9.97. The van der Waals surface area contributed by atoms with Gasteiger partial charge < -0.3 is 4.74 Å². The SMILES string of the molecule is Cc1ccc(Br)cc1C(=O)Cc1cc(Br)cc2c1OCC2. The predicted octanol–water partition coefficient (Wildman–Crippen LogP) is 4.88. The van der Waals surface area contributed by atoms with Crippen LogP contribution >= 0.6 is 31.9 Å². The number of halogens is 2. The van der Waals surface area contributed by atoms with Gasteiger partial charge in [-0.1, -0.05) is 37.9 Å². The van der Waals surface area contributed by atoms with Gasteiger partial charge in [-0.15, -0.1) is 0 Å². The molecule has 1 aliphatic rings. The molecule has 0 N–H and O–H groups in total. The molecule has 0 radical (unpaired) electrons. The maximum Gasteiger partial charge on any atom is 0.167 e. The van der Waals surface area contributed by atoms with Crippen molar-refractivity contribution in [2.45, 2.75) is 19.8 Å². The summed E-state index contributed by atoms with van der Waals surface area (Å²) in [7, 11) is 0. The normalized spacial score (nSPS) is 12.9. The maximum absolute atomic E-state index is 12.6. The highest BCUT2D eigenvalue weighted by Gasteiger charge is 2.20. The van der Waals surface area contributed by atoms with Crippen molar-refractivity contribution in [1.29, 1.82) is 0 Å². The van der Waals surface area contributed by atoms with E-state index in [1.54, 1.807) is 0 Å². The van der Waals surface area contributed by atoms with Crippen molar-refractivity contribution in [3.8, 4) is 5.75 Å². The molecular weight excluding hydrogens is 396 g/mol. The fraction of sp³-hybridized carbons (Fsp3) is 0.235. The molecule has 108 valence electrons. The Bertz CT molecular complexity index is 723. The van der Waals surface area contributed by atoms with Gasteiger partial charge in [0.1, 0.15) is 5.75 Å².